The molecule has 1 aromatic carbocycles. The normalized spacial score (nSPS) is 12.6. The summed E-state index contributed by atoms with van der Waals surface area (Å²) in [4.78, 5) is 12.2. The topological polar surface area (TPSA) is 17.1 Å². The molecule has 2 heteroatoms. The standard InChI is InChI=1S/C14H19FO/c1-5-6-9(2)14(16)13-10(3)7-12(15)8-11(13)4/h7-9H,5-6H2,1-4H3. The lowest BCUT2D eigenvalue weighted by molar-refractivity contribution is 0.0922. The van der Waals surface area contributed by atoms with E-state index in [1.807, 2.05) is 6.92 Å². The number of benzene rings is 1. The molecule has 0 saturated heterocycles. The maximum absolute atomic E-state index is 13.1. The summed E-state index contributed by atoms with van der Waals surface area (Å²) in [5.74, 6) is -0.112. The predicted molar refractivity (Wildman–Crippen MR) is 64.3 cm³/mol. The number of hydrogen-bond acceptors (Lipinski definition) is 1. The van der Waals surface area contributed by atoms with E-state index >= 15 is 0 Å². The summed E-state index contributed by atoms with van der Waals surface area (Å²) < 4.78 is 13.1. The molecular weight excluding hydrogens is 203 g/mol. The molecule has 0 N–H and O–H groups in total. The molecule has 0 aromatic heterocycles. The van der Waals surface area contributed by atoms with Gasteiger partial charge in [-0.2, -0.15) is 0 Å². The van der Waals surface area contributed by atoms with E-state index in [-0.39, 0.29) is 17.5 Å². The van der Waals surface area contributed by atoms with Crippen LogP contribution in [0, 0.1) is 25.6 Å². The van der Waals surface area contributed by atoms with Crippen LogP contribution < -0.4 is 0 Å². The van der Waals surface area contributed by atoms with Gasteiger partial charge in [0.1, 0.15) is 5.82 Å². The smallest absolute Gasteiger partial charge is 0.166 e. The molecule has 0 amide bonds. The van der Waals surface area contributed by atoms with Gasteiger partial charge in [0.15, 0.2) is 5.78 Å². The third kappa shape index (κ3) is 2.69. The van der Waals surface area contributed by atoms with Gasteiger partial charge >= 0.3 is 0 Å². The second kappa shape index (κ2) is 5.24. The van der Waals surface area contributed by atoms with Gasteiger partial charge in [0.05, 0.1) is 0 Å². The minimum absolute atomic E-state index is 0.0212. The number of rotatable bonds is 4. The summed E-state index contributed by atoms with van der Waals surface area (Å²) in [6.45, 7) is 7.59. The van der Waals surface area contributed by atoms with Crippen LogP contribution in [-0.4, -0.2) is 5.78 Å². The molecule has 1 rings (SSSR count). The predicted octanol–water partition coefficient (Wildman–Crippen LogP) is 4.06. The number of hydrogen-bond donors (Lipinski definition) is 0. The molecule has 0 saturated carbocycles. The van der Waals surface area contributed by atoms with Gasteiger partial charge in [-0.15, -0.1) is 0 Å². The van der Waals surface area contributed by atoms with Crippen LogP contribution in [0.4, 0.5) is 4.39 Å². The van der Waals surface area contributed by atoms with Crippen LogP contribution in [-0.2, 0) is 0 Å². The number of carbonyl (C=O) groups is 1. The zero-order valence-corrected chi connectivity index (χ0v) is 10.4. The molecule has 0 fully saturated rings. The van der Waals surface area contributed by atoms with Crippen LogP contribution in [0.2, 0.25) is 0 Å². The highest BCUT2D eigenvalue weighted by atomic mass is 19.1. The molecule has 1 atom stereocenters. The van der Waals surface area contributed by atoms with Gasteiger partial charge in [0.25, 0.3) is 0 Å². The first-order chi connectivity index (χ1) is 7.47. The van der Waals surface area contributed by atoms with Crippen molar-refractivity contribution in [3.05, 3.63) is 34.6 Å². The third-order valence-corrected chi connectivity index (χ3v) is 2.91. The largest absolute Gasteiger partial charge is 0.294 e. The van der Waals surface area contributed by atoms with Crippen LogP contribution in [0.5, 0.6) is 0 Å². The molecule has 0 aliphatic carbocycles. The minimum atomic E-state index is -0.269. The Kier molecular flexibility index (Phi) is 4.22. The Morgan fingerprint density at radius 3 is 2.25 bits per heavy atom. The van der Waals surface area contributed by atoms with Gasteiger partial charge in [0, 0.05) is 11.5 Å². The molecule has 16 heavy (non-hydrogen) atoms. The van der Waals surface area contributed by atoms with Crippen molar-refractivity contribution in [3.63, 3.8) is 0 Å². The van der Waals surface area contributed by atoms with Crippen LogP contribution in [0.1, 0.15) is 48.2 Å². The maximum atomic E-state index is 13.1. The fourth-order valence-corrected chi connectivity index (χ4v) is 2.11. The van der Waals surface area contributed by atoms with E-state index in [9.17, 15) is 9.18 Å². The highest BCUT2D eigenvalue weighted by molar-refractivity contribution is 6.00. The van der Waals surface area contributed by atoms with Gasteiger partial charge in [-0.25, -0.2) is 4.39 Å². The minimum Gasteiger partial charge on any atom is -0.294 e. The third-order valence-electron chi connectivity index (χ3n) is 2.91. The first kappa shape index (κ1) is 12.9. The van der Waals surface area contributed by atoms with Crippen molar-refractivity contribution in [1.82, 2.24) is 0 Å². The Bertz CT molecular complexity index is 373. The number of carbonyl (C=O) groups excluding carboxylic acids is 1. The fourth-order valence-electron chi connectivity index (χ4n) is 2.11. The number of Topliss-reactive ketones (excluding diaryl/α,β-unsaturated/α-hetero) is 1. The van der Waals surface area contributed by atoms with Gasteiger partial charge in [-0.1, -0.05) is 20.3 Å². The average Bonchev–Trinajstić information content (AvgIpc) is 2.16. The zero-order chi connectivity index (χ0) is 12.3. The lowest BCUT2D eigenvalue weighted by Crippen LogP contribution is -2.14. The van der Waals surface area contributed by atoms with E-state index in [0.717, 1.165) is 24.0 Å². The Balaban J connectivity index is 3.08. The van der Waals surface area contributed by atoms with E-state index in [1.165, 1.54) is 12.1 Å². The molecule has 1 aromatic rings. The quantitative estimate of drug-likeness (QED) is 0.702. The van der Waals surface area contributed by atoms with Crippen molar-refractivity contribution in [2.45, 2.75) is 40.5 Å². The Hall–Kier alpha value is -1.18. The summed E-state index contributed by atoms with van der Waals surface area (Å²) >= 11 is 0. The van der Waals surface area contributed by atoms with Crippen LogP contribution in [0.3, 0.4) is 0 Å². The molecule has 1 nitrogen and oxygen atoms in total. The first-order valence-corrected chi connectivity index (χ1v) is 5.78. The Labute approximate surface area is 96.7 Å². The fraction of sp³-hybridized carbons (Fsp3) is 0.500. The van der Waals surface area contributed by atoms with Gasteiger partial charge in [-0.05, 0) is 43.5 Å². The lowest BCUT2D eigenvalue weighted by atomic mass is 9.90. The molecule has 0 aliphatic rings. The molecule has 0 aliphatic heterocycles. The van der Waals surface area contributed by atoms with Crippen molar-refractivity contribution in [3.8, 4) is 0 Å². The van der Waals surface area contributed by atoms with Crippen molar-refractivity contribution in [1.29, 1.82) is 0 Å². The van der Waals surface area contributed by atoms with E-state index in [1.54, 1.807) is 13.8 Å². The van der Waals surface area contributed by atoms with E-state index in [0.29, 0.717) is 5.56 Å². The van der Waals surface area contributed by atoms with E-state index in [2.05, 4.69) is 6.92 Å². The van der Waals surface area contributed by atoms with Crippen molar-refractivity contribution in [2.75, 3.05) is 0 Å². The SMILES string of the molecule is CCCC(C)C(=O)c1c(C)cc(F)cc1C. The Morgan fingerprint density at radius 1 is 1.31 bits per heavy atom. The molecule has 0 radical (unpaired) electrons. The average molecular weight is 222 g/mol. The second-order valence-corrected chi connectivity index (χ2v) is 4.47. The summed E-state index contributed by atoms with van der Waals surface area (Å²) in [5, 5.41) is 0. The van der Waals surface area contributed by atoms with Crippen LogP contribution in [0.25, 0.3) is 0 Å². The van der Waals surface area contributed by atoms with Gasteiger partial charge in [-0.3, -0.25) is 4.79 Å². The summed E-state index contributed by atoms with van der Waals surface area (Å²) in [7, 11) is 0. The van der Waals surface area contributed by atoms with Crippen LogP contribution in [0.15, 0.2) is 12.1 Å². The van der Waals surface area contributed by atoms with Crippen LogP contribution >= 0.6 is 0 Å². The lowest BCUT2D eigenvalue weighted by Gasteiger charge is -2.13. The number of ketones is 1. The molecule has 1 unspecified atom stereocenters. The van der Waals surface area contributed by atoms with Crippen molar-refractivity contribution in [2.24, 2.45) is 5.92 Å². The van der Waals surface area contributed by atoms with Gasteiger partial charge in [0.2, 0.25) is 0 Å². The van der Waals surface area contributed by atoms with E-state index in [4.69, 9.17) is 0 Å². The highest BCUT2D eigenvalue weighted by Crippen LogP contribution is 2.21. The highest BCUT2D eigenvalue weighted by Gasteiger charge is 2.18. The zero-order valence-electron chi connectivity index (χ0n) is 10.4. The summed E-state index contributed by atoms with van der Waals surface area (Å²) in [5.41, 5.74) is 2.18. The first-order valence-electron chi connectivity index (χ1n) is 5.78. The number of aryl methyl sites for hydroxylation is 2. The van der Waals surface area contributed by atoms with Crippen molar-refractivity contribution < 1.29 is 9.18 Å². The maximum Gasteiger partial charge on any atom is 0.166 e. The van der Waals surface area contributed by atoms with Crippen molar-refractivity contribution >= 4 is 5.78 Å². The molecule has 0 spiro atoms. The molecular formula is C14H19FO. The molecule has 0 bridgehead atoms. The van der Waals surface area contributed by atoms with Gasteiger partial charge < -0.3 is 0 Å². The summed E-state index contributed by atoms with van der Waals surface area (Å²) in [6.07, 6.45) is 1.88. The Morgan fingerprint density at radius 2 is 1.81 bits per heavy atom. The number of halogens is 1. The monoisotopic (exact) mass is 222 g/mol. The molecule has 88 valence electrons. The summed E-state index contributed by atoms with van der Waals surface area (Å²) in [6, 6.07) is 2.86. The second-order valence-electron chi connectivity index (χ2n) is 4.47. The van der Waals surface area contributed by atoms with E-state index < -0.39 is 0 Å². The molecule has 0 heterocycles.